The van der Waals surface area contributed by atoms with Gasteiger partial charge in [0.2, 0.25) is 5.91 Å². The number of anilines is 1. The molecule has 0 saturated carbocycles. The van der Waals surface area contributed by atoms with Crippen molar-refractivity contribution >= 4 is 29.4 Å². The number of aryl methyl sites for hydroxylation is 1. The second-order valence-electron chi connectivity index (χ2n) is 2.90. The van der Waals surface area contributed by atoms with E-state index in [1.54, 1.807) is 13.1 Å². The summed E-state index contributed by atoms with van der Waals surface area (Å²) in [6.45, 7) is 1.48. The van der Waals surface area contributed by atoms with Gasteiger partial charge in [-0.15, -0.1) is 11.6 Å². The number of carbonyl (C=O) groups excluding carboxylic acids is 2. The zero-order valence-electron chi connectivity index (χ0n) is 8.32. The highest BCUT2D eigenvalue weighted by Gasteiger charge is 2.13. The average molecular weight is 231 g/mol. The number of urea groups is 1. The first-order valence-corrected chi connectivity index (χ1v) is 4.68. The van der Waals surface area contributed by atoms with Gasteiger partial charge in [0.25, 0.3) is 0 Å². The zero-order valence-corrected chi connectivity index (χ0v) is 9.08. The molecule has 1 heterocycles. The number of rotatable bonds is 2. The Balaban J connectivity index is 2.50. The molecule has 82 valence electrons. The molecule has 1 unspecified atom stereocenters. The Morgan fingerprint density at radius 2 is 2.27 bits per heavy atom. The highest BCUT2D eigenvalue weighted by atomic mass is 35.5. The highest BCUT2D eigenvalue weighted by Crippen LogP contribution is 2.02. The normalized spacial score (nSPS) is 11.9. The van der Waals surface area contributed by atoms with E-state index >= 15 is 0 Å². The molecule has 1 aromatic rings. The number of hydrogen-bond acceptors (Lipinski definition) is 3. The molecule has 1 aromatic heterocycles. The number of nitrogens with one attached hydrogen (secondary N) is 2. The summed E-state index contributed by atoms with van der Waals surface area (Å²) in [5.74, 6) is -0.0566. The van der Waals surface area contributed by atoms with Gasteiger partial charge in [0.1, 0.15) is 11.2 Å². The average Bonchev–Trinajstić information content (AvgIpc) is 2.51. The standard InChI is InChI=1S/C8H11ClN4O2/c1-5(9)7(14)12-8(15)11-6-3-4-10-13(6)2/h3-5H,1-2H3,(H2,11,12,14,15). The molecule has 2 N–H and O–H groups in total. The Morgan fingerprint density at radius 3 is 2.73 bits per heavy atom. The van der Waals surface area contributed by atoms with Crippen LogP contribution in [0.25, 0.3) is 0 Å². The first-order chi connectivity index (χ1) is 7.00. The molecule has 0 saturated heterocycles. The van der Waals surface area contributed by atoms with Crippen molar-refractivity contribution in [2.24, 2.45) is 7.05 Å². The van der Waals surface area contributed by atoms with Gasteiger partial charge in [0.15, 0.2) is 0 Å². The maximum Gasteiger partial charge on any atom is 0.327 e. The largest absolute Gasteiger partial charge is 0.327 e. The van der Waals surface area contributed by atoms with Gasteiger partial charge in [0.05, 0.1) is 6.20 Å². The van der Waals surface area contributed by atoms with E-state index < -0.39 is 17.3 Å². The summed E-state index contributed by atoms with van der Waals surface area (Å²) >= 11 is 5.48. The van der Waals surface area contributed by atoms with Crippen LogP contribution in [0.3, 0.4) is 0 Å². The molecule has 7 heteroatoms. The third-order valence-corrected chi connectivity index (χ3v) is 1.86. The Hall–Kier alpha value is -1.56. The van der Waals surface area contributed by atoms with E-state index in [0.717, 1.165) is 0 Å². The van der Waals surface area contributed by atoms with E-state index in [9.17, 15) is 9.59 Å². The van der Waals surface area contributed by atoms with E-state index in [2.05, 4.69) is 15.7 Å². The molecule has 15 heavy (non-hydrogen) atoms. The van der Waals surface area contributed by atoms with Crippen LogP contribution in [0.2, 0.25) is 0 Å². The van der Waals surface area contributed by atoms with Crippen LogP contribution < -0.4 is 10.6 Å². The van der Waals surface area contributed by atoms with Crippen LogP contribution in [-0.2, 0) is 11.8 Å². The summed E-state index contributed by atoms with van der Waals surface area (Å²) in [4.78, 5) is 22.3. The number of alkyl halides is 1. The Morgan fingerprint density at radius 1 is 1.60 bits per heavy atom. The van der Waals surface area contributed by atoms with Gasteiger partial charge in [-0.3, -0.25) is 20.1 Å². The summed E-state index contributed by atoms with van der Waals surface area (Å²) in [6.07, 6.45) is 1.53. The molecule has 3 amide bonds. The monoisotopic (exact) mass is 230 g/mol. The highest BCUT2D eigenvalue weighted by molar-refractivity contribution is 6.31. The lowest BCUT2D eigenvalue weighted by atomic mass is 10.4. The summed E-state index contributed by atoms with van der Waals surface area (Å²) in [6, 6.07) is 0.977. The van der Waals surface area contributed by atoms with Crippen molar-refractivity contribution in [1.82, 2.24) is 15.1 Å². The minimum absolute atomic E-state index is 0.488. The van der Waals surface area contributed by atoms with Crippen LogP contribution >= 0.6 is 11.6 Å². The lowest BCUT2D eigenvalue weighted by Crippen LogP contribution is -2.38. The lowest BCUT2D eigenvalue weighted by molar-refractivity contribution is -0.119. The predicted molar refractivity (Wildman–Crippen MR) is 55.7 cm³/mol. The fourth-order valence-corrected chi connectivity index (χ4v) is 0.910. The quantitative estimate of drug-likeness (QED) is 0.735. The number of halogens is 1. The van der Waals surface area contributed by atoms with Gasteiger partial charge >= 0.3 is 6.03 Å². The van der Waals surface area contributed by atoms with Gasteiger partial charge in [-0.05, 0) is 6.92 Å². The molecule has 0 aliphatic heterocycles. The van der Waals surface area contributed by atoms with Crippen LogP contribution in [0.15, 0.2) is 12.3 Å². The molecule has 6 nitrogen and oxygen atoms in total. The number of carbonyl (C=O) groups is 2. The van der Waals surface area contributed by atoms with Gasteiger partial charge in [-0.25, -0.2) is 4.79 Å². The summed E-state index contributed by atoms with van der Waals surface area (Å²) in [5, 5.41) is 7.63. The lowest BCUT2D eigenvalue weighted by Gasteiger charge is -2.07. The third-order valence-electron chi connectivity index (χ3n) is 1.66. The molecule has 0 bridgehead atoms. The number of imide groups is 1. The molecular weight excluding hydrogens is 220 g/mol. The van der Waals surface area contributed by atoms with Crippen molar-refractivity contribution in [2.75, 3.05) is 5.32 Å². The van der Waals surface area contributed by atoms with E-state index in [4.69, 9.17) is 11.6 Å². The molecule has 1 rings (SSSR count). The van der Waals surface area contributed by atoms with Crippen LogP contribution in [0, 0.1) is 0 Å². The fraction of sp³-hybridized carbons (Fsp3) is 0.375. The van der Waals surface area contributed by atoms with Gasteiger partial charge in [-0.1, -0.05) is 0 Å². The molecule has 0 aliphatic carbocycles. The molecule has 0 aliphatic rings. The van der Waals surface area contributed by atoms with Crippen molar-refractivity contribution in [3.8, 4) is 0 Å². The summed E-state index contributed by atoms with van der Waals surface area (Å²) in [5.41, 5.74) is 0. The minimum Gasteiger partial charge on any atom is -0.292 e. The van der Waals surface area contributed by atoms with Crippen molar-refractivity contribution in [1.29, 1.82) is 0 Å². The smallest absolute Gasteiger partial charge is 0.292 e. The van der Waals surface area contributed by atoms with E-state index in [1.165, 1.54) is 17.8 Å². The third kappa shape index (κ3) is 3.25. The van der Waals surface area contributed by atoms with E-state index in [-0.39, 0.29) is 0 Å². The maximum atomic E-state index is 11.2. The maximum absolute atomic E-state index is 11.2. The van der Waals surface area contributed by atoms with Crippen molar-refractivity contribution in [3.63, 3.8) is 0 Å². The zero-order chi connectivity index (χ0) is 11.4. The molecule has 0 radical (unpaired) electrons. The number of nitrogens with zero attached hydrogens (tertiary/aromatic N) is 2. The second-order valence-corrected chi connectivity index (χ2v) is 3.55. The van der Waals surface area contributed by atoms with Gasteiger partial charge < -0.3 is 0 Å². The summed E-state index contributed by atoms with van der Waals surface area (Å²) < 4.78 is 1.47. The van der Waals surface area contributed by atoms with Crippen LogP contribution in [0.1, 0.15) is 6.92 Å². The first kappa shape index (κ1) is 11.5. The van der Waals surface area contributed by atoms with Crippen molar-refractivity contribution in [2.45, 2.75) is 12.3 Å². The SMILES string of the molecule is CC(Cl)C(=O)NC(=O)Nc1ccnn1C. The molecule has 0 fully saturated rings. The molecule has 0 aromatic carbocycles. The molecule has 1 atom stereocenters. The topological polar surface area (TPSA) is 76.0 Å². The second kappa shape index (κ2) is 4.79. The fourth-order valence-electron chi connectivity index (χ4n) is 0.855. The Bertz CT molecular complexity index is 374. The van der Waals surface area contributed by atoms with Crippen molar-refractivity contribution < 1.29 is 9.59 Å². The van der Waals surface area contributed by atoms with Gasteiger partial charge in [0, 0.05) is 13.1 Å². The first-order valence-electron chi connectivity index (χ1n) is 4.24. The minimum atomic E-state index is -0.748. The van der Waals surface area contributed by atoms with E-state index in [1.807, 2.05) is 0 Å². The van der Waals surface area contributed by atoms with Crippen LogP contribution in [0.4, 0.5) is 10.6 Å². The number of amides is 3. The van der Waals surface area contributed by atoms with Crippen LogP contribution in [0.5, 0.6) is 0 Å². The Kier molecular flexibility index (Phi) is 3.68. The Labute approximate surface area is 91.6 Å². The number of aromatic nitrogens is 2. The predicted octanol–water partition coefficient (Wildman–Crippen LogP) is 0.695. The van der Waals surface area contributed by atoms with E-state index in [0.29, 0.717) is 5.82 Å². The number of hydrogen-bond donors (Lipinski definition) is 2. The van der Waals surface area contributed by atoms with Crippen molar-refractivity contribution in [3.05, 3.63) is 12.3 Å². The molecular formula is C8H11ClN4O2. The molecule has 0 spiro atoms. The van der Waals surface area contributed by atoms with Gasteiger partial charge in [-0.2, -0.15) is 5.10 Å². The van der Waals surface area contributed by atoms with Crippen LogP contribution in [-0.4, -0.2) is 27.1 Å². The summed E-state index contributed by atoms with van der Waals surface area (Å²) in [7, 11) is 1.67.